The van der Waals surface area contributed by atoms with Crippen molar-refractivity contribution in [1.82, 2.24) is 5.32 Å². The van der Waals surface area contributed by atoms with Crippen LogP contribution < -0.4 is 10.1 Å². The first-order valence-corrected chi connectivity index (χ1v) is 8.19. The van der Waals surface area contributed by atoms with Crippen molar-refractivity contribution in [2.24, 2.45) is 0 Å². The first kappa shape index (κ1) is 20.2. The van der Waals surface area contributed by atoms with Crippen molar-refractivity contribution in [2.75, 3.05) is 14.2 Å². The SMILES string of the molecule is COC(=O)[C@@H](Cc1ccc(OC)c(Cl)c1)NC(=O)c1cccc([N+](=O)[O-])c1. The van der Waals surface area contributed by atoms with Crippen LogP contribution in [0.25, 0.3) is 0 Å². The number of nitro benzene ring substituents is 1. The molecule has 0 fully saturated rings. The Hall–Kier alpha value is -3.13. The average molecular weight is 393 g/mol. The Balaban J connectivity index is 2.20. The van der Waals surface area contributed by atoms with E-state index in [0.29, 0.717) is 16.3 Å². The first-order valence-electron chi connectivity index (χ1n) is 7.81. The number of carbonyl (C=O) groups is 2. The monoisotopic (exact) mass is 392 g/mol. The van der Waals surface area contributed by atoms with Crippen LogP contribution in [0.1, 0.15) is 15.9 Å². The Morgan fingerprint density at radius 1 is 1.22 bits per heavy atom. The zero-order chi connectivity index (χ0) is 20.0. The number of ether oxygens (including phenoxy) is 2. The van der Waals surface area contributed by atoms with Gasteiger partial charge in [0, 0.05) is 24.1 Å². The normalized spacial score (nSPS) is 11.4. The van der Waals surface area contributed by atoms with Gasteiger partial charge in [-0.05, 0) is 23.8 Å². The lowest BCUT2D eigenvalue weighted by Gasteiger charge is -2.17. The van der Waals surface area contributed by atoms with E-state index in [1.54, 1.807) is 18.2 Å². The number of methoxy groups -OCH3 is 2. The zero-order valence-corrected chi connectivity index (χ0v) is 15.4. The molecule has 2 rings (SSSR count). The molecular formula is C18H17ClN2O6. The zero-order valence-electron chi connectivity index (χ0n) is 14.6. The van der Waals surface area contributed by atoms with Gasteiger partial charge in [-0.1, -0.05) is 23.7 Å². The van der Waals surface area contributed by atoms with Crippen molar-refractivity contribution >= 4 is 29.2 Å². The van der Waals surface area contributed by atoms with Crippen LogP contribution in [0, 0.1) is 10.1 Å². The van der Waals surface area contributed by atoms with E-state index in [9.17, 15) is 19.7 Å². The van der Waals surface area contributed by atoms with Gasteiger partial charge in [0.25, 0.3) is 11.6 Å². The molecule has 0 unspecified atom stereocenters. The fourth-order valence-electron chi connectivity index (χ4n) is 2.41. The molecule has 8 nitrogen and oxygen atoms in total. The van der Waals surface area contributed by atoms with Gasteiger partial charge in [-0.3, -0.25) is 14.9 Å². The van der Waals surface area contributed by atoms with E-state index in [1.165, 1.54) is 32.4 Å². The Bertz CT molecular complexity index is 871. The number of halogens is 1. The van der Waals surface area contributed by atoms with Gasteiger partial charge >= 0.3 is 5.97 Å². The second-order valence-electron chi connectivity index (χ2n) is 5.53. The predicted molar refractivity (Wildman–Crippen MR) is 98.1 cm³/mol. The molecule has 0 aliphatic rings. The molecule has 1 N–H and O–H groups in total. The van der Waals surface area contributed by atoms with Gasteiger partial charge in [0.15, 0.2) is 0 Å². The van der Waals surface area contributed by atoms with Crippen molar-refractivity contribution in [1.29, 1.82) is 0 Å². The summed E-state index contributed by atoms with van der Waals surface area (Å²) in [4.78, 5) is 34.7. The standard InChI is InChI=1S/C18H17ClN2O6/c1-26-16-7-6-11(8-14(16)19)9-15(18(23)27-2)20-17(22)12-4-3-5-13(10-12)21(24)25/h3-8,10,15H,9H2,1-2H3,(H,20,22)/t15-/m1/s1. The summed E-state index contributed by atoms with van der Waals surface area (Å²) in [5.41, 5.74) is 0.514. The number of hydrogen-bond acceptors (Lipinski definition) is 6. The number of carbonyl (C=O) groups excluding carboxylic acids is 2. The van der Waals surface area contributed by atoms with Crippen molar-refractivity contribution in [3.63, 3.8) is 0 Å². The van der Waals surface area contributed by atoms with E-state index < -0.39 is 22.8 Å². The van der Waals surface area contributed by atoms with Gasteiger partial charge in [-0.25, -0.2) is 4.79 Å². The molecule has 1 amide bonds. The highest BCUT2D eigenvalue weighted by molar-refractivity contribution is 6.32. The molecule has 0 heterocycles. The first-order chi connectivity index (χ1) is 12.8. The third kappa shape index (κ3) is 5.18. The number of rotatable bonds is 7. The largest absolute Gasteiger partial charge is 0.495 e. The second-order valence-corrected chi connectivity index (χ2v) is 5.94. The number of nitro groups is 1. The van der Waals surface area contributed by atoms with Crippen LogP contribution in [0.5, 0.6) is 5.75 Å². The van der Waals surface area contributed by atoms with E-state index in [-0.39, 0.29) is 17.7 Å². The van der Waals surface area contributed by atoms with Gasteiger partial charge in [-0.2, -0.15) is 0 Å². The van der Waals surface area contributed by atoms with Gasteiger partial charge in [0.2, 0.25) is 0 Å². The van der Waals surface area contributed by atoms with Crippen LogP contribution in [0.2, 0.25) is 5.02 Å². The number of esters is 1. The highest BCUT2D eigenvalue weighted by atomic mass is 35.5. The van der Waals surface area contributed by atoms with Crippen molar-refractivity contribution in [3.05, 3.63) is 68.7 Å². The number of amides is 1. The number of benzene rings is 2. The molecule has 0 spiro atoms. The molecule has 0 aliphatic carbocycles. The molecule has 0 bridgehead atoms. The smallest absolute Gasteiger partial charge is 0.328 e. The lowest BCUT2D eigenvalue weighted by atomic mass is 10.0. The summed E-state index contributed by atoms with van der Waals surface area (Å²) < 4.78 is 9.82. The molecular weight excluding hydrogens is 376 g/mol. The quantitative estimate of drug-likeness (QED) is 0.441. The van der Waals surface area contributed by atoms with E-state index in [0.717, 1.165) is 6.07 Å². The molecule has 9 heteroatoms. The summed E-state index contributed by atoms with van der Waals surface area (Å²) >= 11 is 6.08. The summed E-state index contributed by atoms with van der Waals surface area (Å²) in [6.07, 6.45) is 0.122. The summed E-state index contributed by atoms with van der Waals surface area (Å²) in [5.74, 6) is -0.801. The molecule has 0 aliphatic heterocycles. The maximum atomic E-state index is 12.4. The minimum atomic E-state index is -0.994. The highest BCUT2D eigenvalue weighted by Gasteiger charge is 2.23. The Morgan fingerprint density at radius 2 is 1.96 bits per heavy atom. The Morgan fingerprint density at radius 3 is 2.56 bits per heavy atom. The van der Waals surface area contributed by atoms with Gasteiger partial charge in [0.1, 0.15) is 11.8 Å². The minimum absolute atomic E-state index is 0.0610. The van der Waals surface area contributed by atoms with E-state index >= 15 is 0 Å². The minimum Gasteiger partial charge on any atom is -0.495 e. The highest BCUT2D eigenvalue weighted by Crippen LogP contribution is 2.25. The number of nitrogens with one attached hydrogen (secondary N) is 1. The fraction of sp³-hybridized carbons (Fsp3) is 0.222. The van der Waals surface area contributed by atoms with Crippen LogP contribution >= 0.6 is 11.6 Å². The number of nitrogens with zero attached hydrogens (tertiary/aromatic N) is 1. The molecule has 2 aromatic carbocycles. The maximum Gasteiger partial charge on any atom is 0.328 e. The third-order valence-electron chi connectivity index (χ3n) is 3.77. The molecule has 0 saturated carbocycles. The topological polar surface area (TPSA) is 108 Å². The Kier molecular flexibility index (Phi) is 6.73. The Labute approximate surface area is 160 Å². The maximum absolute atomic E-state index is 12.4. The molecule has 142 valence electrons. The molecule has 0 aromatic heterocycles. The summed E-state index contributed by atoms with van der Waals surface area (Å²) in [5, 5.41) is 13.8. The van der Waals surface area contributed by atoms with E-state index in [1.807, 2.05) is 0 Å². The van der Waals surface area contributed by atoms with Gasteiger partial charge in [0.05, 0.1) is 24.2 Å². The van der Waals surface area contributed by atoms with E-state index in [2.05, 4.69) is 5.32 Å². The summed E-state index contributed by atoms with van der Waals surface area (Å²) in [6.45, 7) is 0. The van der Waals surface area contributed by atoms with Crippen LogP contribution in [0.4, 0.5) is 5.69 Å². The molecule has 0 saturated heterocycles. The molecule has 1 atom stereocenters. The van der Waals surface area contributed by atoms with Crippen molar-refractivity contribution < 1.29 is 24.0 Å². The number of hydrogen-bond donors (Lipinski definition) is 1. The van der Waals surface area contributed by atoms with Crippen molar-refractivity contribution in [2.45, 2.75) is 12.5 Å². The summed E-state index contributed by atoms with van der Waals surface area (Å²) in [7, 11) is 2.69. The molecule has 2 aromatic rings. The van der Waals surface area contributed by atoms with Gasteiger partial charge in [-0.15, -0.1) is 0 Å². The third-order valence-corrected chi connectivity index (χ3v) is 4.06. The lowest BCUT2D eigenvalue weighted by molar-refractivity contribution is -0.384. The van der Waals surface area contributed by atoms with E-state index in [4.69, 9.17) is 21.1 Å². The van der Waals surface area contributed by atoms with Crippen LogP contribution in [0.3, 0.4) is 0 Å². The average Bonchev–Trinajstić information content (AvgIpc) is 2.67. The van der Waals surface area contributed by atoms with Crippen LogP contribution in [0.15, 0.2) is 42.5 Å². The van der Waals surface area contributed by atoms with Gasteiger partial charge < -0.3 is 14.8 Å². The van der Waals surface area contributed by atoms with Crippen LogP contribution in [-0.4, -0.2) is 37.1 Å². The fourth-order valence-corrected chi connectivity index (χ4v) is 2.69. The molecule has 0 radical (unpaired) electrons. The second kappa shape index (κ2) is 9.00. The summed E-state index contributed by atoms with van der Waals surface area (Å²) in [6, 6.07) is 9.20. The predicted octanol–water partition coefficient (Wildman–Crippen LogP) is 2.77. The van der Waals surface area contributed by atoms with Crippen molar-refractivity contribution in [3.8, 4) is 5.75 Å². The lowest BCUT2D eigenvalue weighted by Crippen LogP contribution is -2.43. The van der Waals surface area contributed by atoms with Crippen LogP contribution in [-0.2, 0) is 16.0 Å². The number of non-ortho nitro benzene ring substituents is 1. The molecule has 27 heavy (non-hydrogen) atoms.